The van der Waals surface area contributed by atoms with Gasteiger partial charge in [-0.05, 0) is 29.6 Å². The van der Waals surface area contributed by atoms with Gasteiger partial charge in [0.25, 0.3) is 0 Å². The molecule has 6 atom stereocenters. The van der Waals surface area contributed by atoms with Crippen LogP contribution in [0.5, 0.6) is 0 Å². The summed E-state index contributed by atoms with van der Waals surface area (Å²) in [6, 6.07) is 0. The molecule has 8 nitrogen and oxygen atoms in total. The minimum Gasteiger partial charge on any atom is -0.481 e. The topological polar surface area (TPSA) is 149 Å². The SMILES string of the molecule is CC(C)(C)C12CC(C(=O)O)C(C(=O)O)CC1C(C(=O)O)C2C(=O)O. The number of hydrogen-bond donors (Lipinski definition) is 4. The number of carboxylic acids is 4. The summed E-state index contributed by atoms with van der Waals surface area (Å²) < 4.78 is 0. The summed E-state index contributed by atoms with van der Waals surface area (Å²) in [6.07, 6.45) is -0.279. The molecule has 2 rings (SSSR count). The van der Waals surface area contributed by atoms with Crippen LogP contribution in [0.3, 0.4) is 0 Å². The van der Waals surface area contributed by atoms with E-state index >= 15 is 0 Å². The summed E-state index contributed by atoms with van der Waals surface area (Å²) in [5.41, 5.74) is -1.74. The Balaban J connectivity index is 2.59. The molecule has 0 saturated heterocycles. The molecular formula is C16H22O8. The molecule has 2 fully saturated rings. The van der Waals surface area contributed by atoms with Gasteiger partial charge in [-0.3, -0.25) is 19.2 Å². The summed E-state index contributed by atoms with van der Waals surface area (Å²) in [5, 5.41) is 37.8. The molecule has 8 heteroatoms. The second-order valence-corrected chi connectivity index (χ2v) is 7.91. The van der Waals surface area contributed by atoms with Crippen LogP contribution in [0.2, 0.25) is 0 Å². The lowest BCUT2D eigenvalue weighted by molar-refractivity contribution is -0.243. The minimum absolute atomic E-state index is 0.135. The van der Waals surface area contributed by atoms with E-state index < -0.39 is 64.3 Å². The van der Waals surface area contributed by atoms with Gasteiger partial charge in [0.2, 0.25) is 0 Å². The summed E-state index contributed by atoms with van der Waals surface area (Å²) in [4.78, 5) is 46.4. The third-order valence-electron chi connectivity index (χ3n) is 6.14. The Labute approximate surface area is 138 Å². The van der Waals surface area contributed by atoms with E-state index in [9.17, 15) is 39.6 Å². The Hall–Kier alpha value is -2.12. The first kappa shape index (κ1) is 18.2. The summed E-state index contributed by atoms with van der Waals surface area (Å²) in [6.45, 7) is 5.27. The van der Waals surface area contributed by atoms with Gasteiger partial charge in [0, 0.05) is 0 Å². The molecule has 4 N–H and O–H groups in total. The molecule has 0 aromatic heterocycles. The summed E-state index contributed by atoms with van der Waals surface area (Å²) >= 11 is 0. The number of fused-ring (bicyclic) bond motifs is 1. The molecular weight excluding hydrogens is 320 g/mol. The van der Waals surface area contributed by atoms with Crippen LogP contribution in [0, 0.1) is 40.4 Å². The van der Waals surface area contributed by atoms with Gasteiger partial charge in [0.15, 0.2) is 0 Å². The molecule has 2 aliphatic rings. The molecule has 0 heterocycles. The maximum Gasteiger partial charge on any atom is 0.307 e. The molecule has 0 aliphatic heterocycles. The molecule has 0 amide bonds. The number of rotatable bonds is 4. The first-order chi connectivity index (χ1) is 10.9. The van der Waals surface area contributed by atoms with E-state index in [1.54, 1.807) is 20.8 Å². The predicted molar refractivity (Wildman–Crippen MR) is 79.1 cm³/mol. The molecule has 2 aliphatic carbocycles. The monoisotopic (exact) mass is 342 g/mol. The zero-order valence-corrected chi connectivity index (χ0v) is 13.7. The molecule has 0 aromatic carbocycles. The lowest BCUT2D eigenvalue weighted by Gasteiger charge is -2.67. The normalized spacial score (nSPS) is 38.5. The lowest BCUT2D eigenvalue weighted by Crippen LogP contribution is -2.70. The van der Waals surface area contributed by atoms with Crippen molar-refractivity contribution in [2.45, 2.75) is 33.6 Å². The number of carbonyl (C=O) groups is 4. The molecule has 24 heavy (non-hydrogen) atoms. The van der Waals surface area contributed by atoms with E-state index in [1.165, 1.54) is 0 Å². The Bertz CT molecular complexity index is 592. The molecule has 0 aromatic rings. The maximum atomic E-state index is 11.8. The van der Waals surface area contributed by atoms with Crippen LogP contribution < -0.4 is 0 Å². The summed E-state index contributed by atoms with van der Waals surface area (Å²) in [7, 11) is 0. The molecule has 2 saturated carbocycles. The van der Waals surface area contributed by atoms with Crippen LogP contribution >= 0.6 is 0 Å². The van der Waals surface area contributed by atoms with Crippen LogP contribution in [0.4, 0.5) is 0 Å². The van der Waals surface area contributed by atoms with Gasteiger partial charge in [-0.2, -0.15) is 0 Å². The van der Waals surface area contributed by atoms with Crippen LogP contribution in [-0.2, 0) is 19.2 Å². The van der Waals surface area contributed by atoms with Gasteiger partial charge in [-0.1, -0.05) is 20.8 Å². The van der Waals surface area contributed by atoms with Gasteiger partial charge in [-0.25, -0.2) is 0 Å². The highest BCUT2D eigenvalue weighted by molar-refractivity contribution is 5.86. The van der Waals surface area contributed by atoms with E-state index in [0.717, 1.165) is 0 Å². The molecule has 0 bridgehead atoms. The van der Waals surface area contributed by atoms with Crippen molar-refractivity contribution in [3.8, 4) is 0 Å². The first-order valence-electron chi connectivity index (χ1n) is 7.77. The number of aliphatic carboxylic acids is 4. The Kier molecular flexibility index (Phi) is 4.14. The van der Waals surface area contributed by atoms with Crippen LogP contribution in [0.1, 0.15) is 33.6 Å². The van der Waals surface area contributed by atoms with E-state index in [-0.39, 0.29) is 12.8 Å². The van der Waals surface area contributed by atoms with Crippen molar-refractivity contribution in [1.82, 2.24) is 0 Å². The van der Waals surface area contributed by atoms with Crippen molar-refractivity contribution in [2.24, 2.45) is 40.4 Å². The zero-order valence-electron chi connectivity index (χ0n) is 13.7. The van der Waals surface area contributed by atoms with Crippen molar-refractivity contribution in [1.29, 1.82) is 0 Å². The van der Waals surface area contributed by atoms with Crippen LogP contribution in [0.25, 0.3) is 0 Å². The van der Waals surface area contributed by atoms with E-state index in [1.807, 2.05) is 0 Å². The lowest BCUT2D eigenvalue weighted by atomic mass is 9.34. The average molecular weight is 342 g/mol. The van der Waals surface area contributed by atoms with Crippen molar-refractivity contribution in [2.75, 3.05) is 0 Å². The quantitative estimate of drug-likeness (QED) is 0.596. The van der Waals surface area contributed by atoms with Crippen LogP contribution in [-0.4, -0.2) is 44.3 Å². The summed E-state index contributed by atoms with van der Waals surface area (Å²) in [5.74, 6) is -10.6. The van der Waals surface area contributed by atoms with Crippen molar-refractivity contribution in [3.63, 3.8) is 0 Å². The van der Waals surface area contributed by atoms with Crippen molar-refractivity contribution in [3.05, 3.63) is 0 Å². The fourth-order valence-corrected chi connectivity index (χ4v) is 5.11. The third kappa shape index (κ3) is 2.27. The molecule has 0 spiro atoms. The molecule has 0 radical (unpaired) electrons. The molecule has 6 unspecified atom stereocenters. The zero-order chi connectivity index (χ0) is 18.6. The Morgan fingerprint density at radius 1 is 0.833 bits per heavy atom. The second-order valence-electron chi connectivity index (χ2n) is 7.91. The molecule has 134 valence electrons. The van der Waals surface area contributed by atoms with Crippen LogP contribution in [0.15, 0.2) is 0 Å². The highest BCUT2D eigenvalue weighted by atomic mass is 16.4. The van der Waals surface area contributed by atoms with Crippen molar-refractivity contribution >= 4 is 23.9 Å². The largest absolute Gasteiger partial charge is 0.481 e. The maximum absolute atomic E-state index is 11.8. The van der Waals surface area contributed by atoms with E-state index in [2.05, 4.69) is 0 Å². The average Bonchev–Trinajstić information content (AvgIpc) is 2.36. The number of carboxylic acid groups (broad SMARTS) is 4. The van der Waals surface area contributed by atoms with Crippen molar-refractivity contribution < 1.29 is 39.6 Å². The van der Waals surface area contributed by atoms with Gasteiger partial charge in [-0.15, -0.1) is 0 Å². The number of hydrogen-bond acceptors (Lipinski definition) is 4. The third-order valence-corrected chi connectivity index (χ3v) is 6.14. The fourth-order valence-electron chi connectivity index (χ4n) is 5.11. The van der Waals surface area contributed by atoms with Gasteiger partial charge in [0.05, 0.1) is 23.7 Å². The Morgan fingerprint density at radius 2 is 1.33 bits per heavy atom. The van der Waals surface area contributed by atoms with Gasteiger partial charge in [0.1, 0.15) is 0 Å². The standard InChI is InChI=1S/C16H22O8/c1-15(2,3)16-5-7(12(19)20)6(11(17)18)4-8(16)9(13(21)22)10(16)14(23)24/h6-10H,4-5H2,1-3H3,(H,17,18)(H,19,20)(H,21,22)(H,23,24). The van der Waals surface area contributed by atoms with Gasteiger partial charge < -0.3 is 20.4 Å². The Morgan fingerprint density at radius 3 is 1.67 bits per heavy atom. The fraction of sp³-hybridized carbons (Fsp3) is 0.750. The van der Waals surface area contributed by atoms with Gasteiger partial charge >= 0.3 is 23.9 Å². The second kappa shape index (κ2) is 5.46. The smallest absolute Gasteiger partial charge is 0.307 e. The first-order valence-corrected chi connectivity index (χ1v) is 7.77. The van der Waals surface area contributed by atoms with E-state index in [4.69, 9.17) is 0 Å². The highest BCUT2D eigenvalue weighted by Crippen LogP contribution is 2.71. The highest BCUT2D eigenvalue weighted by Gasteiger charge is 2.74. The predicted octanol–water partition coefficient (Wildman–Crippen LogP) is 1.25. The minimum atomic E-state index is -1.28. The van der Waals surface area contributed by atoms with E-state index in [0.29, 0.717) is 0 Å².